The molecule has 0 aromatic carbocycles. The van der Waals surface area contributed by atoms with Crippen molar-refractivity contribution in [1.29, 1.82) is 0 Å². The van der Waals surface area contributed by atoms with Crippen molar-refractivity contribution in [1.82, 2.24) is 5.32 Å². The van der Waals surface area contributed by atoms with Crippen LogP contribution in [0.1, 0.15) is 316 Å². The molecule has 0 aromatic heterocycles. The number of aliphatic hydroxyl groups is 1. The average Bonchev–Trinajstić information content (AvgIpc) is 3.42. The number of allylic oxidation sites excluding steroid dienone is 11. The van der Waals surface area contributed by atoms with Crippen LogP contribution in [0, 0.1) is 0 Å². The largest absolute Gasteiger partial charge is 0.472 e. The lowest BCUT2D eigenvalue weighted by Gasteiger charge is -2.25. The lowest BCUT2D eigenvalue weighted by Crippen LogP contribution is -2.45. The van der Waals surface area contributed by atoms with Gasteiger partial charge >= 0.3 is 7.82 Å². The van der Waals surface area contributed by atoms with E-state index in [4.69, 9.17) is 9.05 Å². The van der Waals surface area contributed by atoms with Crippen LogP contribution in [0.25, 0.3) is 0 Å². The second-order valence-electron chi connectivity index (χ2n) is 24.2. The maximum Gasteiger partial charge on any atom is 0.472 e. The molecule has 0 aliphatic carbocycles. The summed E-state index contributed by atoms with van der Waals surface area (Å²) in [6.07, 6.45) is 84.8. The molecule has 0 radical (unpaired) electrons. The Labute approximate surface area is 491 Å². The molecule has 3 unspecified atom stereocenters. The number of carbonyl (C=O) groups excluding carboxylic acids is 1. The van der Waals surface area contributed by atoms with Gasteiger partial charge in [0.1, 0.15) is 13.2 Å². The van der Waals surface area contributed by atoms with Crippen LogP contribution in [-0.2, 0) is 18.4 Å². The quantitative estimate of drug-likeness (QED) is 0.0243. The molecule has 0 spiro atoms. The Hall–Kier alpha value is -2.06. The maximum atomic E-state index is 13.0. The molecule has 0 heterocycles. The standard InChI is InChI=1S/C70H131N2O6P/c1-6-8-10-12-14-16-18-20-22-24-26-27-28-29-30-31-32-33-34-35-36-37-38-39-40-41-42-43-44-45-46-48-50-52-54-56-58-60-62-64-70(74)71-68(67-78-79(75,76)77-66-65-72(3,4)5)69(73)63-61-59-57-55-53-51-49-47-25-23-21-19-17-15-13-11-9-7-2/h18,20,24-26,28-29,47,53,55,61,63,68-69,73H,6-17,19,21-23,27,30-46,48-52,54,56-60,62,64-67H2,1-5H3,(H-,71,74,75,76)/p+1/b20-18-,26-24-,29-28-,47-25+,55-53+,63-61+. The highest BCUT2D eigenvalue weighted by molar-refractivity contribution is 7.47. The van der Waals surface area contributed by atoms with E-state index in [9.17, 15) is 19.4 Å². The molecular weight excluding hydrogens is 996 g/mol. The van der Waals surface area contributed by atoms with Crippen molar-refractivity contribution in [2.75, 3.05) is 40.9 Å². The highest BCUT2D eigenvalue weighted by Gasteiger charge is 2.28. The SMILES string of the molecule is CCCCCCC/C=C\C/C=C\C/C=C\CCCCCCCCCCCCCCCCCCCCCCCCCCC(=O)NC(COP(=O)(O)OCC[N+](C)(C)C)C(O)/C=C/CC/C=C/CC/C=C/CCCCCCCCCC. The molecule has 0 rings (SSSR count). The number of nitrogens with one attached hydrogen (secondary N) is 1. The molecule has 0 aromatic rings. The summed E-state index contributed by atoms with van der Waals surface area (Å²) < 4.78 is 23.7. The van der Waals surface area contributed by atoms with Gasteiger partial charge in [-0.05, 0) is 83.5 Å². The van der Waals surface area contributed by atoms with Crippen LogP contribution in [0.4, 0.5) is 0 Å². The highest BCUT2D eigenvalue weighted by Crippen LogP contribution is 2.43. The molecule has 8 nitrogen and oxygen atoms in total. The van der Waals surface area contributed by atoms with E-state index < -0.39 is 20.0 Å². The number of likely N-dealkylation sites (N-methyl/N-ethyl adjacent to an activating group) is 1. The van der Waals surface area contributed by atoms with Crippen molar-refractivity contribution in [3.63, 3.8) is 0 Å². The van der Waals surface area contributed by atoms with E-state index in [-0.39, 0.29) is 19.1 Å². The first-order valence-electron chi connectivity index (χ1n) is 33.8. The minimum atomic E-state index is -4.36. The number of phosphoric acid groups is 1. The first-order chi connectivity index (χ1) is 38.5. The summed E-state index contributed by atoms with van der Waals surface area (Å²) >= 11 is 0. The summed E-state index contributed by atoms with van der Waals surface area (Å²) in [5.74, 6) is -0.187. The van der Waals surface area contributed by atoms with Gasteiger partial charge in [0.15, 0.2) is 0 Å². The molecule has 0 saturated carbocycles. The number of nitrogens with zero attached hydrogens (tertiary/aromatic N) is 1. The van der Waals surface area contributed by atoms with Crippen LogP contribution in [-0.4, -0.2) is 73.4 Å². The van der Waals surface area contributed by atoms with E-state index >= 15 is 0 Å². The number of hydrogen-bond donors (Lipinski definition) is 3. The fourth-order valence-corrected chi connectivity index (χ4v) is 10.6. The number of hydrogen-bond acceptors (Lipinski definition) is 5. The number of carbonyl (C=O) groups is 1. The zero-order valence-corrected chi connectivity index (χ0v) is 53.8. The normalized spacial score (nSPS) is 14.2. The van der Waals surface area contributed by atoms with E-state index in [2.05, 4.69) is 79.9 Å². The molecule has 0 aliphatic rings. The van der Waals surface area contributed by atoms with E-state index in [0.717, 1.165) is 57.8 Å². The fraction of sp³-hybridized carbons (Fsp3) is 0.814. The molecule has 462 valence electrons. The van der Waals surface area contributed by atoms with Gasteiger partial charge in [-0.15, -0.1) is 0 Å². The van der Waals surface area contributed by atoms with Crippen LogP contribution < -0.4 is 5.32 Å². The van der Waals surface area contributed by atoms with Gasteiger partial charge in [0, 0.05) is 6.42 Å². The van der Waals surface area contributed by atoms with E-state index in [1.54, 1.807) is 6.08 Å². The van der Waals surface area contributed by atoms with Gasteiger partial charge in [-0.3, -0.25) is 13.8 Å². The zero-order chi connectivity index (χ0) is 57.7. The van der Waals surface area contributed by atoms with Gasteiger partial charge < -0.3 is 19.8 Å². The van der Waals surface area contributed by atoms with Crippen molar-refractivity contribution in [2.24, 2.45) is 0 Å². The molecule has 1 amide bonds. The minimum Gasteiger partial charge on any atom is -0.387 e. The molecule has 9 heteroatoms. The van der Waals surface area contributed by atoms with Gasteiger partial charge in [0.2, 0.25) is 5.91 Å². The monoisotopic (exact) mass is 1130 g/mol. The summed E-state index contributed by atoms with van der Waals surface area (Å²) in [5, 5.41) is 13.9. The van der Waals surface area contributed by atoms with Crippen molar-refractivity contribution >= 4 is 13.7 Å². The Bertz CT molecular complexity index is 1520. The number of phosphoric ester groups is 1. The van der Waals surface area contributed by atoms with E-state index in [1.807, 2.05) is 27.2 Å². The van der Waals surface area contributed by atoms with Crippen LogP contribution in [0.5, 0.6) is 0 Å². The summed E-state index contributed by atoms with van der Waals surface area (Å²) in [6, 6.07) is -0.871. The number of rotatable bonds is 62. The first kappa shape index (κ1) is 76.9. The average molecular weight is 1130 g/mol. The molecule has 3 N–H and O–H groups in total. The van der Waals surface area contributed by atoms with Crippen LogP contribution >= 0.6 is 7.82 Å². The van der Waals surface area contributed by atoms with Gasteiger partial charge in [-0.2, -0.15) is 0 Å². The molecule has 0 bridgehead atoms. The molecular formula is C70H132N2O6P+. The number of amides is 1. The predicted molar refractivity (Wildman–Crippen MR) is 346 cm³/mol. The molecule has 0 aliphatic heterocycles. The summed E-state index contributed by atoms with van der Waals surface area (Å²) in [5.41, 5.74) is 0. The second kappa shape index (κ2) is 60.5. The molecule has 3 atom stereocenters. The van der Waals surface area contributed by atoms with Gasteiger partial charge in [-0.1, -0.05) is 299 Å². The predicted octanol–water partition coefficient (Wildman–Crippen LogP) is 21.4. The zero-order valence-electron chi connectivity index (χ0n) is 52.9. The summed E-state index contributed by atoms with van der Waals surface area (Å²) in [4.78, 5) is 23.4. The van der Waals surface area contributed by atoms with Crippen molar-refractivity contribution in [3.05, 3.63) is 72.9 Å². The summed E-state index contributed by atoms with van der Waals surface area (Å²) in [6.45, 7) is 4.79. The van der Waals surface area contributed by atoms with E-state index in [0.29, 0.717) is 17.4 Å². The highest BCUT2D eigenvalue weighted by atomic mass is 31.2. The number of quaternary nitrogens is 1. The van der Waals surface area contributed by atoms with Gasteiger partial charge in [0.05, 0.1) is 39.9 Å². The third-order valence-electron chi connectivity index (χ3n) is 15.1. The third kappa shape index (κ3) is 63.4. The Morgan fingerprint density at radius 3 is 1.10 bits per heavy atom. The van der Waals surface area contributed by atoms with Gasteiger partial charge in [0.25, 0.3) is 0 Å². The molecule has 0 fully saturated rings. The topological polar surface area (TPSA) is 105 Å². The first-order valence-corrected chi connectivity index (χ1v) is 35.3. The maximum absolute atomic E-state index is 13.0. The number of aliphatic hydroxyl groups excluding tert-OH is 1. The summed E-state index contributed by atoms with van der Waals surface area (Å²) in [7, 11) is 1.55. The Morgan fingerprint density at radius 2 is 0.734 bits per heavy atom. The Morgan fingerprint density at radius 1 is 0.430 bits per heavy atom. The lowest BCUT2D eigenvalue weighted by atomic mass is 10.0. The molecule has 79 heavy (non-hydrogen) atoms. The van der Waals surface area contributed by atoms with E-state index in [1.165, 1.54) is 238 Å². The van der Waals surface area contributed by atoms with Crippen LogP contribution in [0.15, 0.2) is 72.9 Å². The molecule has 0 saturated heterocycles. The Kier molecular flexibility index (Phi) is 59.0. The van der Waals surface area contributed by atoms with Crippen molar-refractivity contribution in [2.45, 2.75) is 328 Å². The second-order valence-corrected chi connectivity index (χ2v) is 25.6. The van der Waals surface area contributed by atoms with Crippen molar-refractivity contribution < 1.29 is 32.9 Å². The fourth-order valence-electron chi connectivity index (χ4n) is 9.85. The smallest absolute Gasteiger partial charge is 0.387 e. The van der Waals surface area contributed by atoms with Gasteiger partial charge in [-0.25, -0.2) is 4.57 Å². The Balaban J connectivity index is 3.98. The van der Waals surface area contributed by atoms with Crippen LogP contribution in [0.2, 0.25) is 0 Å². The van der Waals surface area contributed by atoms with Crippen LogP contribution in [0.3, 0.4) is 0 Å². The lowest BCUT2D eigenvalue weighted by molar-refractivity contribution is -0.870. The van der Waals surface area contributed by atoms with Crippen molar-refractivity contribution in [3.8, 4) is 0 Å². The minimum absolute atomic E-state index is 0.0532. The number of unbranched alkanes of at least 4 members (excludes halogenated alkanes) is 39. The third-order valence-corrected chi connectivity index (χ3v) is 16.1.